The second-order valence-corrected chi connectivity index (χ2v) is 4.31. The maximum atomic E-state index is 10.9. The second kappa shape index (κ2) is 3.55. The molecule has 2 atom stereocenters. The fourth-order valence-corrected chi connectivity index (χ4v) is 1.44. The number of aliphatic hydroxyl groups is 1. The fraction of sp³-hybridized carbons (Fsp3) is 0.750. The minimum absolute atomic E-state index is 0.172. The van der Waals surface area contributed by atoms with E-state index in [9.17, 15) is 14.7 Å². The van der Waals surface area contributed by atoms with Crippen LogP contribution >= 0.6 is 0 Å². The zero-order valence-corrected chi connectivity index (χ0v) is 8.68. The van der Waals surface area contributed by atoms with Crippen LogP contribution in [-0.2, 0) is 9.59 Å². The Morgan fingerprint density at radius 2 is 1.57 bits per heavy atom. The Hall–Kier alpha value is -1.14. The van der Waals surface area contributed by atoms with E-state index >= 15 is 0 Å². The Morgan fingerprint density at radius 1 is 1.21 bits per heavy atom. The molecule has 0 bridgehead atoms. The normalized spacial score (nSPS) is 18.4. The molecule has 0 amide bonds. The molecule has 2 unspecified atom stereocenters. The molecule has 0 aromatic rings. The van der Waals surface area contributed by atoms with Crippen LogP contribution in [0, 0.1) is 0 Å². The number of likely N-dealkylation sites (N-methyl/N-ethyl adjacent to an activating group) is 1. The quantitative estimate of drug-likeness (QED) is 0.512. The van der Waals surface area contributed by atoms with Crippen LogP contribution in [0.15, 0.2) is 0 Å². The summed E-state index contributed by atoms with van der Waals surface area (Å²) in [5, 5.41) is 27.1. The van der Waals surface area contributed by atoms with Gasteiger partial charge in [0.1, 0.15) is 0 Å². The number of carboxylic acids is 2. The molecule has 0 saturated heterocycles. The van der Waals surface area contributed by atoms with E-state index in [1.165, 1.54) is 21.1 Å². The summed E-state index contributed by atoms with van der Waals surface area (Å²) in [4.78, 5) is 21.5. The highest BCUT2D eigenvalue weighted by atomic mass is 16.4. The van der Waals surface area contributed by atoms with Crippen molar-refractivity contribution in [2.45, 2.75) is 18.6 Å². The lowest BCUT2D eigenvalue weighted by molar-refractivity contribution is -0.893. The Morgan fingerprint density at radius 3 is 1.64 bits per heavy atom. The molecular formula is C8H16NO5+. The summed E-state index contributed by atoms with van der Waals surface area (Å²) >= 11 is 0. The summed E-state index contributed by atoms with van der Waals surface area (Å²) in [5.74, 6) is -2.89. The average molecular weight is 206 g/mol. The third-order valence-electron chi connectivity index (χ3n) is 1.97. The molecule has 0 aliphatic rings. The van der Waals surface area contributed by atoms with Gasteiger partial charge < -0.3 is 19.8 Å². The van der Waals surface area contributed by atoms with Gasteiger partial charge in [0.2, 0.25) is 11.6 Å². The summed E-state index contributed by atoms with van der Waals surface area (Å²) in [6, 6.07) is -1.42. The standard InChI is InChI=1S/C8H15NO5/c1-8(14,7(12)13)5(6(10)11)9(2,3)4/h5,14H,1-4H3,(H-,10,11,12,13)/p+1. The van der Waals surface area contributed by atoms with E-state index in [0.29, 0.717) is 0 Å². The molecule has 0 aromatic carbocycles. The number of carboxylic acid groups (broad SMARTS) is 2. The van der Waals surface area contributed by atoms with Crippen LogP contribution < -0.4 is 0 Å². The molecule has 0 spiro atoms. The van der Waals surface area contributed by atoms with Gasteiger partial charge in [-0.05, 0) is 6.92 Å². The van der Waals surface area contributed by atoms with Gasteiger partial charge >= 0.3 is 11.9 Å². The van der Waals surface area contributed by atoms with Crippen LogP contribution in [0.2, 0.25) is 0 Å². The number of quaternary nitrogens is 1. The SMILES string of the molecule is CC(O)(C(=O)O)C(C(=O)O)[N+](C)(C)C. The van der Waals surface area contributed by atoms with Crippen molar-refractivity contribution in [3.8, 4) is 0 Å². The highest BCUT2D eigenvalue weighted by molar-refractivity contribution is 5.86. The van der Waals surface area contributed by atoms with Gasteiger partial charge in [0.05, 0.1) is 21.1 Å². The molecule has 3 N–H and O–H groups in total. The van der Waals surface area contributed by atoms with E-state index < -0.39 is 23.6 Å². The predicted molar refractivity (Wildman–Crippen MR) is 47.7 cm³/mol. The van der Waals surface area contributed by atoms with E-state index in [4.69, 9.17) is 10.2 Å². The zero-order chi connectivity index (χ0) is 11.7. The first-order valence-electron chi connectivity index (χ1n) is 4.01. The minimum atomic E-state index is -2.29. The van der Waals surface area contributed by atoms with Crippen molar-refractivity contribution in [3.63, 3.8) is 0 Å². The van der Waals surface area contributed by atoms with E-state index in [2.05, 4.69) is 0 Å². The molecule has 0 heterocycles. The van der Waals surface area contributed by atoms with E-state index in [1.54, 1.807) is 0 Å². The topological polar surface area (TPSA) is 94.8 Å². The number of hydrogen-bond donors (Lipinski definition) is 3. The monoisotopic (exact) mass is 206 g/mol. The van der Waals surface area contributed by atoms with Gasteiger partial charge in [-0.3, -0.25) is 0 Å². The lowest BCUT2D eigenvalue weighted by Crippen LogP contribution is -2.64. The zero-order valence-electron chi connectivity index (χ0n) is 8.68. The molecule has 6 heteroatoms. The van der Waals surface area contributed by atoms with Crippen molar-refractivity contribution < 1.29 is 29.4 Å². The highest BCUT2D eigenvalue weighted by Crippen LogP contribution is 2.19. The summed E-state index contributed by atoms with van der Waals surface area (Å²) < 4.78 is -0.172. The third kappa shape index (κ3) is 2.43. The van der Waals surface area contributed by atoms with Gasteiger partial charge in [0.15, 0.2) is 0 Å². The first-order valence-corrected chi connectivity index (χ1v) is 4.01. The number of hydrogen-bond acceptors (Lipinski definition) is 3. The molecular weight excluding hydrogens is 190 g/mol. The van der Waals surface area contributed by atoms with E-state index in [1.807, 2.05) is 0 Å². The van der Waals surface area contributed by atoms with Gasteiger partial charge in [0.25, 0.3) is 0 Å². The van der Waals surface area contributed by atoms with Crippen LogP contribution in [0.3, 0.4) is 0 Å². The van der Waals surface area contributed by atoms with E-state index in [0.717, 1.165) is 6.92 Å². The van der Waals surface area contributed by atoms with Gasteiger partial charge in [-0.25, -0.2) is 9.59 Å². The molecule has 0 fully saturated rings. The summed E-state index contributed by atoms with van der Waals surface area (Å²) in [6.45, 7) is 0.984. The van der Waals surface area contributed by atoms with Crippen LogP contribution in [-0.4, -0.2) is 64.5 Å². The largest absolute Gasteiger partial charge is 0.479 e. The van der Waals surface area contributed by atoms with Crippen molar-refractivity contribution in [2.75, 3.05) is 21.1 Å². The Balaban J connectivity index is 5.24. The number of aliphatic carboxylic acids is 2. The molecule has 14 heavy (non-hydrogen) atoms. The first-order chi connectivity index (χ1) is 6.01. The smallest absolute Gasteiger partial charge is 0.366 e. The third-order valence-corrected chi connectivity index (χ3v) is 1.97. The Kier molecular flexibility index (Phi) is 3.26. The van der Waals surface area contributed by atoms with Crippen molar-refractivity contribution in [1.29, 1.82) is 0 Å². The predicted octanol–water partition coefficient (Wildman–Crippen LogP) is -1.02. The summed E-state index contributed by atoms with van der Waals surface area (Å²) in [7, 11) is 4.53. The first kappa shape index (κ1) is 12.9. The van der Waals surface area contributed by atoms with Crippen LogP contribution in [0.5, 0.6) is 0 Å². The van der Waals surface area contributed by atoms with Gasteiger partial charge in [-0.2, -0.15) is 0 Å². The summed E-state index contributed by atoms with van der Waals surface area (Å²) in [5.41, 5.74) is -2.29. The fourth-order valence-electron chi connectivity index (χ4n) is 1.44. The van der Waals surface area contributed by atoms with Crippen molar-refractivity contribution >= 4 is 11.9 Å². The molecule has 0 aliphatic carbocycles. The second-order valence-electron chi connectivity index (χ2n) is 4.31. The molecule has 82 valence electrons. The van der Waals surface area contributed by atoms with Gasteiger partial charge in [-0.1, -0.05) is 0 Å². The maximum absolute atomic E-state index is 10.9. The molecule has 0 aromatic heterocycles. The molecule has 0 radical (unpaired) electrons. The maximum Gasteiger partial charge on any atom is 0.366 e. The number of rotatable bonds is 4. The molecule has 0 saturated carbocycles. The Bertz CT molecular complexity index is 253. The van der Waals surface area contributed by atoms with E-state index in [-0.39, 0.29) is 4.48 Å². The van der Waals surface area contributed by atoms with Gasteiger partial charge in [0, 0.05) is 0 Å². The van der Waals surface area contributed by atoms with Crippen LogP contribution in [0.25, 0.3) is 0 Å². The van der Waals surface area contributed by atoms with Crippen LogP contribution in [0.1, 0.15) is 6.92 Å². The van der Waals surface area contributed by atoms with Gasteiger partial charge in [-0.15, -0.1) is 0 Å². The lowest BCUT2D eigenvalue weighted by Gasteiger charge is -2.37. The lowest BCUT2D eigenvalue weighted by atomic mass is 9.94. The number of carbonyl (C=O) groups is 2. The average Bonchev–Trinajstić information content (AvgIpc) is 1.79. The molecule has 6 nitrogen and oxygen atoms in total. The number of nitrogens with zero attached hydrogens (tertiary/aromatic N) is 1. The minimum Gasteiger partial charge on any atom is -0.479 e. The van der Waals surface area contributed by atoms with Crippen molar-refractivity contribution in [3.05, 3.63) is 0 Å². The van der Waals surface area contributed by atoms with Crippen molar-refractivity contribution in [2.24, 2.45) is 0 Å². The summed E-state index contributed by atoms with van der Waals surface area (Å²) in [6.07, 6.45) is 0. The van der Waals surface area contributed by atoms with Crippen LogP contribution in [0.4, 0.5) is 0 Å². The van der Waals surface area contributed by atoms with Crippen molar-refractivity contribution in [1.82, 2.24) is 0 Å². The molecule has 0 rings (SSSR count). The highest BCUT2D eigenvalue weighted by Gasteiger charge is 2.52. The Labute approximate surface area is 82.0 Å². The molecule has 0 aliphatic heterocycles.